The van der Waals surface area contributed by atoms with Gasteiger partial charge in [-0.25, -0.2) is 13.6 Å². The van der Waals surface area contributed by atoms with Crippen molar-refractivity contribution in [3.05, 3.63) is 58.5 Å². The number of primary sulfonamides is 1. The van der Waals surface area contributed by atoms with Crippen LogP contribution in [-0.2, 0) is 16.4 Å². The molecule has 0 spiro atoms. The van der Waals surface area contributed by atoms with Crippen LogP contribution in [0.15, 0.2) is 47.3 Å². The first-order valence-electron chi connectivity index (χ1n) is 9.32. The van der Waals surface area contributed by atoms with Crippen LogP contribution in [0.2, 0.25) is 5.02 Å². The van der Waals surface area contributed by atoms with Gasteiger partial charge in [-0.3, -0.25) is 15.2 Å². The summed E-state index contributed by atoms with van der Waals surface area (Å²) in [6.07, 6.45) is -1.03. The molecule has 0 fully saturated rings. The summed E-state index contributed by atoms with van der Waals surface area (Å²) in [4.78, 5) is 12.0. The normalized spacial score (nSPS) is 25.9. The molecule has 0 aromatic heterocycles. The molecule has 0 aliphatic carbocycles. The monoisotopic (exact) mass is 370 g/mol. The molecule has 24 heavy (non-hydrogen) atoms. The lowest BCUT2D eigenvalue weighted by molar-refractivity contribution is 0.0946. The number of nitrogens with one attached hydrogen (secondary N) is 1. The van der Waals surface area contributed by atoms with Crippen LogP contribution >= 0.6 is 11.6 Å². The molecule has 6 nitrogen and oxygen atoms in total. The third kappa shape index (κ3) is 3.10. The van der Waals surface area contributed by atoms with Crippen molar-refractivity contribution in [2.24, 2.45) is 5.14 Å². The Morgan fingerprint density at radius 3 is 2.92 bits per heavy atom. The largest absolute Gasteiger partial charge is 0.282 e. The van der Waals surface area contributed by atoms with E-state index < -0.39 is 62.0 Å². The number of benzene rings is 2. The van der Waals surface area contributed by atoms with E-state index in [4.69, 9.17) is 23.6 Å². The zero-order chi connectivity index (χ0) is 21.9. The van der Waals surface area contributed by atoms with E-state index in [9.17, 15) is 13.2 Å². The van der Waals surface area contributed by atoms with Gasteiger partial charge in [0.15, 0.2) is 0 Å². The summed E-state index contributed by atoms with van der Waals surface area (Å²) < 4.78 is 64.2. The lowest BCUT2D eigenvalue weighted by Crippen LogP contribution is -2.45. The van der Waals surface area contributed by atoms with Gasteiger partial charge in [-0.15, -0.1) is 0 Å². The molecule has 1 amide bonds. The Labute approximate surface area is 152 Å². The molecule has 1 heterocycles. The van der Waals surface area contributed by atoms with E-state index in [0.29, 0.717) is 11.3 Å². The zero-order valence-electron chi connectivity index (χ0n) is 17.4. The zero-order valence-corrected chi connectivity index (χ0v) is 14.0. The molecule has 1 aliphatic rings. The van der Waals surface area contributed by atoms with Crippen LogP contribution in [-0.4, -0.2) is 20.3 Å². The Morgan fingerprint density at radius 2 is 2.21 bits per heavy atom. The second-order valence-corrected chi connectivity index (χ2v) is 6.94. The van der Waals surface area contributed by atoms with Gasteiger partial charge in [0, 0.05) is 6.93 Å². The number of halogens is 1. The van der Waals surface area contributed by atoms with Crippen molar-refractivity contribution in [3.63, 3.8) is 0 Å². The molecule has 3 N–H and O–H groups in total. The number of rotatable bonds is 3. The molecule has 2 aromatic carbocycles. The van der Waals surface area contributed by atoms with Crippen molar-refractivity contribution in [2.75, 3.05) is 5.01 Å². The maximum atomic E-state index is 12.9. The Balaban J connectivity index is 2.13. The first-order valence-corrected chi connectivity index (χ1v) is 8.67. The van der Waals surface area contributed by atoms with Crippen molar-refractivity contribution < 1.29 is 20.1 Å². The van der Waals surface area contributed by atoms with Gasteiger partial charge in [-0.05, 0) is 43.1 Å². The Hall–Kier alpha value is -2.09. The van der Waals surface area contributed by atoms with Gasteiger partial charge in [-0.1, -0.05) is 29.8 Å². The minimum absolute atomic E-state index is 0.378. The summed E-state index contributed by atoms with van der Waals surface area (Å²) in [5.74, 6) is -1.10. The van der Waals surface area contributed by atoms with Crippen LogP contribution in [0.1, 0.15) is 29.7 Å². The van der Waals surface area contributed by atoms with Crippen molar-refractivity contribution in [3.8, 4) is 0 Å². The van der Waals surface area contributed by atoms with Crippen LogP contribution in [0.4, 0.5) is 5.69 Å². The predicted molar refractivity (Wildman–Crippen MR) is 92.4 cm³/mol. The van der Waals surface area contributed by atoms with Crippen molar-refractivity contribution in [1.29, 1.82) is 0 Å². The summed E-state index contributed by atoms with van der Waals surface area (Å²) in [5, 5.41) is 5.45. The summed E-state index contributed by atoms with van der Waals surface area (Å²) in [6.45, 7) is 1.40. The van der Waals surface area contributed by atoms with E-state index in [1.54, 1.807) is 24.3 Å². The Kier molecular flexibility index (Phi) is 2.91. The van der Waals surface area contributed by atoms with Crippen LogP contribution in [0, 0.1) is 0 Å². The third-order valence-electron chi connectivity index (χ3n) is 3.35. The second-order valence-electron chi connectivity index (χ2n) is 5.06. The molecule has 2 atom stereocenters. The summed E-state index contributed by atoms with van der Waals surface area (Å²) in [6, 6.07) is 2.50. The fraction of sp³-hybridized carbons (Fsp3) is 0.188. The molecule has 3 rings (SSSR count). The van der Waals surface area contributed by atoms with Gasteiger partial charge >= 0.3 is 0 Å². The average Bonchev–Trinajstić information content (AvgIpc) is 2.80. The van der Waals surface area contributed by atoms with Gasteiger partial charge in [0.05, 0.1) is 22.2 Å². The SMILES string of the molecule is [2H]c1c([2H])c(C(=O)NN2c3ccccc3C([2H])C2([2H])C)c([2H])c(S(N)(=O)=O)c1Cl. The average molecular weight is 371 g/mol. The molecule has 0 saturated heterocycles. The number of fused-ring (bicyclic) bond motifs is 1. The standard InChI is InChI=1S/C16H16ClN3O3S/c1-10-8-11-4-2-3-5-14(11)20(10)19-16(21)12-6-7-13(17)15(9-12)24(18,22)23/h2-7,9-10H,8H2,1H3,(H,19,21)(H2,18,22,23)/i6D,7D,8D,9D,10D. The van der Waals surface area contributed by atoms with Gasteiger partial charge in [0.25, 0.3) is 5.91 Å². The number of hydrazine groups is 1. The van der Waals surface area contributed by atoms with Crippen molar-refractivity contribution >= 4 is 33.2 Å². The van der Waals surface area contributed by atoms with Crippen LogP contribution in [0.3, 0.4) is 0 Å². The fourth-order valence-corrected chi connectivity index (χ4v) is 3.24. The Morgan fingerprint density at radius 1 is 1.50 bits per heavy atom. The van der Waals surface area contributed by atoms with Gasteiger partial charge < -0.3 is 0 Å². The highest BCUT2D eigenvalue weighted by atomic mass is 35.5. The topological polar surface area (TPSA) is 92.5 Å². The number of nitrogens with zero attached hydrogens (tertiary/aromatic N) is 1. The molecular formula is C16H16ClN3O3S. The van der Waals surface area contributed by atoms with E-state index in [1.807, 2.05) is 0 Å². The molecule has 0 bridgehead atoms. The molecule has 126 valence electrons. The number of para-hydroxylation sites is 1. The van der Waals surface area contributed by atoms with Crippen LogP contribution in [0.25, 0.3) is 0 Å². The maximum absolute atomic E-state index is 12.9. The molecule has 1 aliphatic heterocycles. The molecule has 2 aromatic rings. The number of hydrogen-bond acceptors (Lipinski definition) is 4. The van der Waals surface area contributed by atoms with Crippen molar-refractivity contribution in [1.82, 2.24) is 5.43 Å². The number of sulfonamides is 1. The highest BCUT2D eigenvalue weighted by molar-refractivity contribution is 7.89. The number of carbonyl (C=O) groups excluding carboxylic acids is 1. The maximum Gasteiger partial charge on any atom is 0.269 e. The third-order valence-corrected chi connectivity index (χ3v) is 4.63. The van der Waals surface area contributed by atoms with Crippen LogP contribution < -0.4 is 15.6 Å². The first-order chi connectivity index (χ1) is 13.3. The first kappa shape index (κ1) is 11.5. The van der Waals surface area contributed by atoms with E-state index in [0.717, 1.165) is 5.01 Å². The molecule has 0 radical (unpaired) electrons. The second kappa shape index (κ2) is 6.08. The number of hydrogen-bond donors (Lipinski definition) is 2. The molecule has 0 saturated carbocycles. The van der Waals surface area contributed by atoms with E-state index in [-0.39, 0.29) is 0 Å². The summed E-state index contributed by atoms with van der Waals surface area (Å²) in [5.41, 5.74) is 2.50. The molecule has 8 heteroatoms. The molecular weight excluding hydrogens is 350 g/mol. The smallest absolute Gasteiger partial charge is 0.269 e. The van der Waals surface area contributed by atoms with Gasteiger partial charge in [0.2, 0.25) is 10.0 Å². The van der Waals surface area contributed by atoms with Crippen molar-refractivity contribution in [2.45, 2.75) is 24.2 Å². The summed E-state index contributed by atoms with van der Waals surface area (Å²) >= 11 is 5.78. The lowest BCUT2D eigenvalue weighted by atomic mass is 10.1. The quantitative estimate of drug-likeness (QED) is 0.865. The highest BCUT2D eigenvalue weighted by Gasteiger charge is 2.27. The number of anilines is 1. The minimum Gasteiger partial charge on any atom is -0.282 e. The highest BCUT2D eigenvalue weighted by Crippen LogP contribution is 2.30. The van der Waals surface area contributed by atoms with Crippen LogP contribution in [0.5, 0.6) is 0 Å². The van der Waals surface area contributed by atoms with Gasteiger partial charge in [-0.2, -0.15) is 0 Å². The number of amides is 1. The summed E-state index contributed by atoms with van der Waals surface area (Å²) in [7, 11) is -4.55. The van der Waals surface area contributed by atoms with E-state index in [2.05, 4.69) is 5.43 Å². The predicted octanol–water partition coefficient (Wildman–Crippen LogP) is 2.08. The van der Waals surface area contributed by atoms with E-state index in [1.165, 1.54) is 6.92 Å². The Bertz CT molecular complexity index is 1140. The number of carbonyl (C=O) groups is 1. The molecule has 2 unspecified atom stereocenters. The number of nitrogens with two attached hydrogens (primary N) is 1. The van der Waals surface area contributed by atoms with E-state index >= 15 is 0 Å². The lowest BCUT2D eigenvalue weighted by Gasteiger charge is -2.25. The fourth-order valence-electron chi connectivity index (χ4n) is 2.28. The van der Waals surface area contributed by atoms with Gasteiger partial charge in [0.1, 0.15) is 4.90 Å². The minimum atomic E-state index is -4.55.